The third kappa shape index (κ3) is 11.0. The van der Waals surface area contributed by atoms with Crippen LogP contribution in [0.25, 0.3) is 0 Å². The van der Waals surface area contributed by atoms with Crippen LogP contribution < -0.4 is 0 Å². The first kappa shape index (κ1) is 12.0. The zero-order chi connectivity index (χ0) is 9.78. The standard InChI is InChI=1S/C12H18O/c1-2-3-4-5-6-7-8-9-10-11-12-13/h8-11,13H,2-5,12H2,1H3/b9-8-,11-10+. The summed E-state index contributed by atoms with van der Waals surface area (Å²) in [6.07, 6.45) is 11.8. The highest BCUT2D eigenvalue weighted by Gasteiger charge is 1.79. The Bertz CT molecular complexity index is 203. The molecule has 0 aromatic rings. The average Bonchev–Trinajstić information content (AvgIpc) is 2.16. The lowest BCUT2D eigenvalue weighted by molar-refractivity contribution is 0.343. The van der Waals surface area contributed by atoms with Crippen LogP contribution in [0.2, 0.25) is 0 Å². The zero-order valence-electron chi connectivity index (χ0n) is 8.29. The van der Waals surface area contributed by atoms with E-state index in [0.717, 1.165) is 6.42 Å². The molecule has 13 heavy (non-hydrogen) atoms. The van der Waals surface area contributed by atoms with Gasteiger partial charge >= 0.3 is 0 Å². The van der Waals surface area contributed by atoms with Crippen LogP contribution in [0.4, 0.5) is 0 Å². The summed E-state index contributed by atoms with van der Waals surface area (Å²) in [6.45, 7) is 2.28. The van der Waals surface area contributed by atoms with Crippen LogP contribution in [0.15, 0.2) is 24.3 Å². The third-order valence-corrected chi connectivity index (χ3v) is 1.54. The first-order valence-corrected chi connectivity index (χ1v) is 4.82. The second-order valence-electron chi connectivity index (χ2n) is 2.75. The van der Waals surface area contributed by atoms with Crippen molar-refractivity contribution < 1.29 is 5.11 Å². The predicted molar refractivity (Wildman–Crippen MR) is 57.3 cm³/mol. The van der Waals surface area contributed by atoms with Crippen molar-refractivity contribution in [1.29, 1.82) is 0 Å². The van der Waals surface area contributed by atoms with Crippen LogP contribution in [0, 0.1) is 11.8 Å². The van der Waals surface area contributed by atoms with Crippen molar-refractivity contribution in [3.63, 3.8) is 0 Å². The minimum absolute atomic E-state index is 0.0915. The van der Waals surface area contributed by atoms with Crippen molar-refractivity contribution in [2.45, 2.75) is 32.6 Å². The lowest BCUT2D eigenvalue weighted by Crippen LogP contribution is -1.70. The Hall–Kier alpha value is -1.00. The maximum atomic E-state index is 8.41. The molecular formula is C12H18O. The molecule has 0 spiro atoms. The first-order chi connectivity index (χ1) is 6.41. The van der Waals surface area contributed by atoms with Crippen molar-refractivity contribution in [3.05, 3.63) is 24.3 Å². The lowest BCUT2D eigenvalue weighted by Gasteiger charge is -1.87. The van der Waals surface area contributed by atoms with Gasteiger partial charge in [0.05, 0.1) is 6.61 Å². The molecule has 0 unspecified atom stereocenters. The van der Waals surface area contributed by atoms with Crippen LogP contribution in [0.3, 0.4) is 0 Å². The topological polar surface area (TPSA) is 20.2 Å². The SMILES string of the molecule is CCCCCC#C/C=C\C=C\CO. The van der Waals surface area contributed by atoms with E-state index in [4.69, 9.17) is 5.11 Å². The summed E-state index contributed by atoms with van der Waals surface area (Å²) in [4.78, 5) is 0. The number of hydrogen-bond acceptors (Lipinski definition) is 1. The molecule has 0 saturated heterocycles. The number of unbranched alkanes of at least 4 members (excludes halogenated alkanes) is 3. The molecule has 1 N–H and O–H groups in total. The van der Waals surface area contributed by atoms with E-state index in [1.165, 1.54) is 19.3 Å². The van der Waals surface area contributed by atoms with Gasteiger partial charge < -0.3 is 5.11 Å². The van der Waals surface area contributed by atoms with Crippen molar-refractivity contribution in [2.75, 3.05) is 6.61 Å². The molecule has 0 aromatic heterocycles. The molecule has 0 aromatic carbocycles. The van der Waals surface area contributed by atoms with Crippen molar-refractivity contribution in [2.24, 2.45) is 0 Å². The monoisotopic (exact) mass is 178 g/mol. The van der Waals surface area contributed by atoms with Gasteiger partial charge in [-0.1, -0.05) is 49.8 Å². The van der Waals surface area contributed by atoms with Gasteiger partial charge in [0.1, 0.15) is 0 Å². The molecule has 0 aliphatic rings. The minimum Gasteiger partial charge on any atom is -0.392 e. The van der Waals surface area contributed by atoms with Crippen LogP contribution >= 0.6 is 0 Å². The summed E-state index contributed by atoms with van der Waals surface area (Å²) in [7, 11) is 0. The summed E-state index contributed by atoms with van der Waals surface area (Å²) >= 11 is 0. The Morgan fingerprint density at radius 1 is 1.23 bits per heavy atom. The molecule has 0 heterocycles. The molecule has 0 rings (SSSR count). The Morgan fingerprint density at radius 2 is 2.08 bits per heavy atom. The molecule has 0 aliphatic carbocycles. The van der Waals surface area contributed by atoms with Gasteiger partial charge in [-0.3, -0.25) is 0 Å². The summed E-state index contributed by atoms with van der Waals surface area (Å²) in [5, 5.41) is 8.41. The summed E-state index contributed by atoms with van der Waals surface area (Å²) in [5.41, 5.74) is 0. The third-order valence-electron chi connectivity index (χ3n) is 1.54. The number of aliphatic hydroxyl groups excluding tert-OH is 1. The molecule has 0 atom stereocenters. The van der Waals surface area contributed by atoms with E-state index < -0.39 is 0 Å². The largest absolute Gasteiger partial charge is 0.392 e. The van der Waals surface area contributed by atoms with Gasteiger partial charge in [0.25, 0.3) is 0 Å². The van der Waals surface area contributed by atoms with E-state index in [-0.39, 0.29) is 6.61 Å². The quantitative estimate of drug-likeness (QED) is 0.390. The molecule has 0 amide bonds. The summed E-state index contributed by atoms with van der Waals surface area (Å²) < 4.78 is 0. The highest BCUT2D eigenvalue weighted by molar-refractivity contribution is 5.19. The molecule has 0 fully saturated rings. The number of rotatable bonds is 5. The second kappa shape index (κ2) is 11.0. The highest BCUT2D eigenvalue weighted by Crippen LogP contribution is 1.96. The lowest BCUT2D eigenvalue weighted by atomic mass is 10.2. The van der Waals surface area contributed by atoms with Crippen LogP contribution in [0.1, 0.15) is 32.6 Å². The maximum absolute atomic E-state index is 8.41. The molecule has 72 valence electrons. The molecule has 0 radical (unpaired) electrons. The molecular weight excluding hydrogens is 160 g/mol. The van der Waals surface area contributed by atoms with E-state index >= 15 is 0 Å². The van der Waals surface area contributed by atoms with Crippen molar-refractivity contribution in [3.8, 4) is 11.8 Å². The Morgan fingerprint density at radius 3 is 2.77 bits per heavy atom. The normalized spacial score (nSPS) is 10.6. The maximum Gasteiger partial charge on any atom is 0.0615 e. The Balaban J connectivity index is 3.38. The van der Waals surface area contributed by atoms with E-state index in [2.05, 4.69) is 18.8 Å². The van der Waals surface area contributed by atoms with Crippen LogP contribution in [0.5, 0.6) is 0 Å². The van der Waals surface area contributed by atoms with E-state index in [9.17, 15) is 0 Å². The fraction of sp³-hybridized carbons (Fsp3) is 0.500. The van der Waals surface area contributed by atoms with Gasteiger partial charge in [0.15, 0.2) is 0 Å². The van der Waals surface area contributed by atoms with Crippen LogP contribution in [-0.4, -0.2) is 11.7 Å². The first-order valence-electron chi connectivity index (χ1n) is 4.82. The molecule has 1 heteroatoms. The van der Waals surface area contributed by atoms with Gasteiger partial charge in [-0.05, 0) is 12.5 Å². The van der Waals surface area contributed by atoms with Gasteiger partial charge in [-0.15, -0.1) is 0 Å². The van der Waals surface area contributed by atoms with Gasteiger partial charge in [-0.2, -0.15) is 0 Å². The molecule has 1 nitrogen and oxygen atoms in total. The number of hydrogen-bond donors (Lipinski definition) is 1. The van der Waals surface area contributed by atoms with Gasteiger partial charge in [-0.25, -0.2) is 0 Å². The van der Waals surface area contributed by atoms with Crippen molar-refractivity contribution >= 4 is 0 Å². The summed E-state index contributed by atoms with van der Waals surface area (Å²) in [6, 6.07) is 0. The Labute approximate surface area is 81.2 Å². The van der Waals surface area contributed by atoms with E-state index in [1.807, 2.05) is 6.08 Å². The number of aliphatic hydroxyl groups is 1. The zero-order valence-corrected chi connectivity index (χ0v) is 8.29. The molecule has 0 bridgehead atoms. The Kier molecular flexibility index (Phi) is 10.2. The van der Waals surface area contributed by atoms with Gasteiger partial charge in [0.2, 0.25) is 0 Å². The predicted octanol–water partition coefficient (Wildman–Crippen LogP) is 2.67. The molecule has 0 aliphatic heterocycles. The van der Waals surface area contributed by atoms with E-state index in [1.54, 1.807) is 18.2 Å². The van der Waals surface area contributed by atoms with Gasteiger partial charge in [0, 0.05) is 6.42 Å². The number of allylic oxidation sites excluding steroid dienone is 3. The summed E-state index contributed by atoms with van der Waals surface area (Å²) in [5.74, 6) is 6.00. The van der Waals surface area contributed by atoms with Crippen LogP contribution in [-0.2, 0) is 0 Å². The van der Waals surface area contributed by atoms with E-state index in [0.29, 0.717) is 0 Å². The fourth-order valence-corrected chi connectivity index (χ4v) is 0.838. The second-order valence-corrected chi connectivity index (χ2v) is 2.75. The average molecular weight is 178 g/mol. The highest BCUT2D eigenvalue weighted by atomic mass is 16.2. The minimum atomic E-state index is 0.0915. The smallest absolute Gasteiger partial charge is 0.0615 e. The fourth-order valence-electron chi connectivity index (χ4n) is 0.838. The van der Waals surface area contributed by atoms with Crippen molar-refractivity contribution in [1.82, 2.24) is 0 Å². The molecule has 0 saturated carbocycles.